The Bertz CT molecular complexity index is 940. The number of hydrogen-bond acceptors (Lipinski definition) is 4. The summed E-state index contributed by atoms with van der Waals surface area (Å²) in [4.78, 5) is 21.6. The van der Waals surface area contributed by atoms with Crippen LogP contribution in [0.1, 0.15) is 44.4 Å². The molecule has 160 valence electrons. The number of amides is 1. The predicted octanol–water partition coefficient (Wildman–Crippen LogP) is 5.45. The molecular formula is C23H27BrClN3O2. The van der Waals surface area contributed by atoms with E-state index >= 15 is 0 Å². The summed E-state index contributed by atoms with van der Waals surface area (Å²) in [7, 11) is 0. The standard InChI is InChI=1S/C23H27BrClN3O2/c1-23(2,3)30-22(29)28-11-9-27(10-12-28)21-17-7-6-16(25)14-18(17)19(24)13-15-5-4-8-26-20(15)21/h5-7,13-14,21H,4,8-12H2,1-3H3. The molecule has 3 aliphatic rings. The van der Waals surface area contributed by atoms with Crippen molar-refractivity contribution in [3.8, 4) is 0 Å². The quantitative estimate of drug-likeness (QED) is 0.523. The maximum atomic E-state index is 12.5. The van der Waals surface area contributed by atoms with Gasteiger partial charge in [-0.15, -0.1) is 0 Å². The third-order valence-electron chi connectivity index (χ3n) is 5.51. The van der Waals surface area contributed by atoms with Gasteiger partial charge in [0.05, 0.1) is 11.8 Å². The number of rotatable bonds is 1. The summed E-state index contributed by atoms with van der Waals surface area (Å²) >= 11 is 10.1. The molecule has 1 fully saturated rings. The fourth-order valence-electron chi connectivity index (χ4n) is 4.17. The molecule has 1 unspecified atom stereocenters. The summed E-state index contributed by atoms with van der Waals surface area (Å²) in [5.41, 5.74) is 4.07. The number of carbonyl (C=O) groups is 1. The van der Waals surface area contributed by atoms with Gasteiger partial charge in [-0.25, -0.2) is 4.79 Å². The highest BCUT2D eigenvalue weighted by atomic mass is 79.9. The van der Waals surface area contributed by atoms with Crippen LogP contribution >= 0.6 is 27.5 Å². The number of fused-ring (bicyclic) bond motifs is 2. The van der Waals surface area contributed by atoms with E-state index in [1.54, 1.807) is 4.90 Å². The van der Waals surface area contributed by atoms with Crippen molar-refractivity contribution in [1.29, 1.82) is 0 Å². The molecule has 1 saturated heterocycles. The highest BCUT2D eigenvalue weighted by Crippen LogP contribution is 2.41. The number of allylic oxidation sites excluding steroid dienone is 1. The molecule has 30 heavy (non-hydrogen) atoms. The SMILES string of the molecule is CC(C)(C)OC(=O)N1CCN(C2C3=NCCC=C3C=C(Br)c3cc(Cl)ccc32)CC1. The molecule has 1 atom stereocenters. The fraction of sp³-hybridized carbons (Fsp3) is 0.478. The molecule has 4 rings (SSSR count). The van der Waals surface area contributed by atoms with Gasteiger partial charge in [0, 0.05) is 42.2 Å². The summed E-state index contributed by atoms with van der Waals surface area (Å²) in [6, 6.07) is 6.11. The summed E-state index contributed by atoms with van der Waals surface area (Å²) in [5, 5.41) is 0.716. The van der Waals surface area contributed by atoms with Gasteiger partial charge in [-0.05, 0) is 62.1 Å². The van der Waals surface area contributed by atoms with Crippen LogP contribution in [0.5, 0.6) is 0 Å². The Morgan fingerprint density at radius 1 is 1.23 bits per heavy atom. The lowest BCUT2D eigenvalue weighted by atomic mass is 9.92. The van der Waals surface area contributed by atoms with Gasteiger partial charge in [0.2, 0.25) is 0 Å². The van der Waals surface area contributed by atoms with E-state index in [1.165, 1.54) is 11.1 Å². The van der Waals surface area contributed by atoms with Crippen molar-refractivity contribution < 1.29 is 9.53 Å². The van der Waals surface area contributed by atoms with E-state index in [0.29, 0.717) is 18.1 Å². The lowest BCUT2D eigenvalue weighted by Crippen LogP contribution is -2.52. The van der Waals surface area contributed by atoms with Gasteiger partial charge in [-0.2, -0.15) is 0 Å². The van der Waals surface area contributed by atoms with Crippen LogP contribution in [0.4, 0.5) is 4.79 Å². The van der Waals surface area contributed by atoms with Crippen molar-refractivity contribution >= 4 is 43.8 Å². The van der Waals surface area contributed by atoms with E-state index in [1.807, 2.05) is 32.9 Å². The van der Waals surface area contributed by atoms with Gasteiger partial charge in [-0.1, -0.05) is 39.7 Å². The molecule has 5 nitrogen and oxygen atoms in total. The molecule has 0 spiro atoms. The highest BCUT2D eigenvalue weighted by Gasteiger charge is 2.35. The van der Waals surface area contributed by atoms with E-state index in [2.05, 4.69) is 39.0 Å². The first-order valence-electron chi connectivity index (χ1n) is 10.4. The Morgan fingerprint density at radius 2 is 1.97 bits per heavy atom. The van der Waals surface area contributed by atoms with Crippen LogP contribution in [0.25, 0.3) is 4.48 Å². The van der Waals surface area contributed by atoms with Crippen molar-refractivity contribution in [2.24, 2.45) is 4.99 Å². The topological polar surface area (TPSA) is 45.1 Å². The Labute approximate surface area is 191 Å². The van der Waals surface area contributed by atoms with E-state index in [-0.39, 0.29) is 12.1 Å². The summed E-state index contributed by atoms with van der Waals surface area (Å²) in [6.45, 7) is 9.29. The van der Waals surface area contributed by atoms with Crippen molar-refractivity contribution in [2.45, 2.75) is 38.8 Å². The second-order valence-electron chi connectivity index (χ2n) is 8.84. The minimum atomic E-state index is -0.484. The van der Waals surface area contributed by atoms with Gasteiger partial charge in [0.1, 0.15) is 5.60 Å². The van der Waals surface area contributed by atoms with E-state index in [0.717, 1.165) is 41.8 Å². The number of benzene rings is 1. The van der Waals surface area contributed by atoms with E-state index < -0.39 is 5.60 Å². The van der Waals surface area contributed by atoms with E-state index in [9.17, 15) is 4.79 Å². The van der Waals surface area contributed by atoms with Gasteiger partial charge in [0.15, 0.2) is 0 Å². The zero-order valence-corrected chi connectivity index (χ0v) is 20.0. The Hall–Kier alpha value is -1.63. The molecule has 1 amide bonds. The minimum Gasteiger partial charge on any atom is -0.444 e. The number of dihydropyridines is 1. The number of piperazine rings is 1. The Morgan fingerprint density at radius 3 is 2.67 bits per heavy atom. The predicted molar refractivity (Wildman–Crippen MR) is 125 cm³/mol. The number of ether oxygens (including phenoxy) is 1. The molecule has 0 bridgehead atoms. The number of carbonyl (C=O) groups excluding carboxylic acids is 1. The zero-order chi connectivity index (χ0) is 21.5. The zero-order valence-electron chi connectivity index (χ0n) is 17.6. The average Bonchev–Trinajstić information content (AvgIpc) is 2.81. The number of aliphatic imine (C=N–C) groups is 1. The molecule has 0 radical (unpaired) electrons. The van der Waals surface area contributed by atoms with Crippen molar-refractivity contribution in [1.82, 2.24) is 9.80 Å². The lowest BCUT2D eigenvalue weighted by Gasteiger charge is -2.40. The number of halogens is 2. The second kappa shape index (κ2) is 8.48. The van der Waals surface area contributed by atoms with Crippen LogP contribution in [0.15, 0.2) is 40.9 Å². The van der Waals surface area contributed by atoms with Gasteiger partial charge < -0.3 is 9.64 Å². The second-order valence-corrected chi connectivity index (χ2v) is 10.1. The Balaban J connectivity index is 1.62. The highest BCUT2D eigenvalue weighted by molar-refractivity contribution is 9.15. The lowest BCUT2D eigenvalue weighted by molar-refractivity contribution is 0.0129. The number of nitrogens with zero attached hydrogens (tertiary/aromatic N) is 3. The summed E-state index contributed by atoms with van der Waals surface area (Å²) in [6.07, 6.45) is 5.13. The minimum absolute atomic E-state index is 0.0379. The molecule has 2 aliphatic heterocycles. The van der Waals surface area contributed by atoms with Crippen LogP contribution in [-0.2, 0) is 4.74 Å². The third kappa shape index (κ3) is 4.51. The smallest absolute Gasteiger partial charge is 0.410 e. The van der Waals surface area contributed by atoms with Crippen molar-refractivity contribution in [3.05, 3.63) is 52.1 Å². The molecule has 1 aliphatic carbocycles. The van der Waals surface area contributed by atoms with Gasteiger partial charge >= 0.3 is 6.09 Å². The molecule has 0 saturated carbocycles. The molecule has 2 heterocycles. The summed E-state index contributed by atoms with van der Waals surface area (Å²) < 4.78 is 6.58. The molecule has 0 aromatic heterocycles. The summed E-state index contributed by atoms with van der Waals surface area (Å²) in [5.74, 6) is 0. The van der Waals surface area contributed by atoms with Crippen LogP contribution in [0.3, 0.4) is 0 Å². The van der Waals surface area contributed by atoms with Crippen molar-refractivity contribution in [2.75, 3.05) is 32.7 Å². The van der Waals surface area contributed by atoms with Crippen LogP contribution in [0, 0.1) is 0 Å². The monoisotopic (exact) mass is 491 g/mol. The van der Waals surface area contributed by atoms with Crippen molar-refractivity contribution in [3.63, 3.8) is 0 Å². The van der Waals surface area contributed by atoms with Crippen LogP contribution < -0.4 is 0 Å². The first-order valence-corrected chi connectivity index (χ1v) is 11.5. The van der Waals surface area contributed by atoms with Crippen LogP contribution in [0.2, 0.25) is 5.02 Å². The van der Waals surface area contributed by atoms with Gasteiger partial charge in [-0.3, -0.25) is 9.89 Å². The molecular weight excluding hydrogens is 466 g/mol. The largest absolute Gasteiger partial charge is 0.444 e. The van der Waals surface area contributed by atoms with Crippen LogP contribution in [-0.4, -0.2) is 59.9 Å². The molecule has 7 heteroatoms. The normalized spacial score (nSPS) is 22.2. The average molecular weight is 493 g/mol. The van der Waals surface area contributed by atoms with E-state index in [4.69, 9.17) is 21.3 Å². The number of hydrogen-bond donors (Lipinski definition) is 0. The Kier molecular flexibility index (Phi) is 6.11. The molecule has 0 N–H and O–H groups in total. The maximum Gasteiger partial charge on any atom is 0.410 e. The first-order chi connectivity index (χ1) is 14.2. The molecule has 1 aromatic rings. The maximum absolute atomic E-state index is 12.5. The molecule has 1 aromatic carbocycles. The fourth-order valence-corrected chi connectivity index (χ4v) is 4.93. The first kappa shape index (κ1) is 21.6. The van der Waals surface area contributed by atoms with Gasteiger partial charge in [0.25, 0.3) is 0 Å². The third-order valence-corrected chi connectivity index (χ3v) is 6.40.